The Morgan fingerprint density at radius 2 is 2.10 bits per heavy atom. The van der Waals surface area contributed by atoms with Crippen molar-refractivity contribution in [3.63, 3.8) is 0 Å². The van der Waals surface area contributed by atoms with Gasteiger partial charge in [0.05, 0.1) is 17.4 Å². The Kier molecular flexibility index (Phi) is 5.09. The lowest BCUT2D eigenvalue weighted by Crippen LogP contribution is -2.21. The molecule has 0 aliphatic heterocycles. The first kappa shape index (κ1) is 19.4. The van der Waals surface area contributed by atoms with E-state index in [4.69, 9.17) is 4.52 Å². The molecule has 0 saturated carbocycles. The van der Waals surface area contributed by atoms with Crippen molar-refractivity contribution in [1.82, 2.24) is 29.6 Å². The lowest BCUT2D eigenvalue weighted by molar-refractivity contribution is -0.117. The van der Waals surface area contributed by atoms with E-state index >= 15 is 0 Å². The van der Waals surface area contributed by atoms with Gasteiger partial charge in [0.15, 0.2) is 23.0 Å². The number of nitrogens with zero attached hydrogens (tertiary/aromatic N) is 6. The maximum absolute atomic E-state index is 14.6. The first-order valence-electron chi connectivity index (χ1n) is 9.28. The van der Waals surface area contributed by atoms with Crippen molar-refractivity contribution in [3.05, 3.63) is 71.5 Å². The van der Waals surface area contributed by atoms with Crippen LogP contribution in [0.25, 0.3) is 23.0 Å². The highest BCUT2D eigenvalue weighted by atomic mass is 19.1. The number of amides is 1. The molecule has 0 spiro atoms. The summed E-state index contributed by atoms with van der Waals surface area (Å²) in [6.45, 7) is 5.50. The highest BCUT2D eigenvalue weighted by molar-refractivity contribution is 5.61. The Hall–Kier alpha value is -3.88. The van der Waals surface area contributed by atoms with E-state index in [1.807, 2.05) is 19.1 Å². The second kappa shape index (κ2) is 7.86. The van der Waals surface area contributed by atoms with Crippen LogP contribution in [0.2, 0.25) is 0 Å². The third-order valence-corrected chi connectivity index (χ3v) is 4.80. The minimum atomic E-state index is -0.551. The maximum Gasteiger partial charge on any atom is 0.214 e. The summed E-state index contributed by atoms with van der Waals surface area (Å²) in [6.07, 6.45) is 7.39. The normalized spacial score (nSPS) is 12.5. The van der Waals surface area contributed by atoms with Crippen LogP contribution in [-0.4, -0.2) is 36.0 Å². The Labute approximate surface area is 171 Å². The average molecular weight is 406 g/mol. The van der Waals surface area contributed by atoms with Crippen LogP contribution in [0.3, 0.4) is 0 Å². The molecule has 4 rings (SSSR count). The predicted octanol–water partition coefficient (Wildman–Crippen LogP) is 3.73. The molecule has 30 heavy (non-hydrogen) atoms. The summed E-state index contributed by atoms with van der Waals surface area (Å²) in [4.78, 5) is 17.5. The number of pyridine rings is 2. The summed E-state index contributed by atoms with van der Waals surface area (Å²) in [5, 5.41) is 11.9. The van der Waals surface area contributed by atoms with Gasteiger partial charge in [0, 0.05) is 30.2 Å². The highest BCUT2D eigenvalue weighted by Crippen LogP contribution is 2.26. The molecule has 4 aromatic rings. The van der Waals surface area contributed by atoms with Gasteiger partial charge in [0.25, 0.3) is 0 Å². The minimum absolute atomic E-state index is 0.0623. The van der Waals surface area contributed by atoms with Crippen LogP contribution in [0.1, 0.15) is 35.7 Å². The number of fused-ring (bicyclic) bond motifs is 1. The van der Waals surface area contributed by atoms with Crippen molar-refractivity contribution in [2.75, 3.05) is 0 Å². The largest absolute Gasteiger partial charge is 0.356 e. The Morgan fingerprint density at radius 3 is 2.80 bits per heavy atom. The van der Waals surface area contributed by atoms with E-state index in [0.717, 1.165) is 11.3 Å². The SMILES string of the molecule is Cc1cc(-c2cc(F)c3nnc([C@@H](C)N(C=O)/C=C\c4ncccc4C)n3c2)on1. The zero-order valence-electron chi connectivity index (χ0n) is 16.7. The molecule has 1 atom stereocenters. The standard InChI is InChI=1S/C21H19FN6O2/c1-13-5-4-7-23-18(13)6-8-27(12-29)15(3)20-24-25-21-17(22)10-16(11-28(20)21)19-9-14(2)26-30-19/h4-12,15H,1-3H3/b8-6-/t15-/m1/s1. The van der Waals surface area contributed by atoms with Crippen LogP contribution in [0.5, 0.6) is 0 Å². The molecular weight excluding hydrogens is 387 g/mol. The van der Waals surface area contributed by atoms with E-state index < -0.39 is 11.9 Å². The number of aryl methyl sites for hydroxylation is 2. The molecular formula is C21H19FN6O2. The lowest BCUT2D eigenvalue weighted by atomic mass is 10.2. The van der Waals surface area contributed by atoms with E-state index in [0.29, 0.717) is 29.3 Å². The summed E-state index contributed by atoms with van der Waals surface area (Å²) in [5.74, 6) is 0.277. The monoisotopic (exact) mass is 406 g/mol. The average Bonchev–Trinajstić information content (AvgIpc) is 3.36. The number of halogens is 1. The van der Waals surface area contributed by atoms with Crippen molar-refractivity contribution >= 4 is 18.1 Å². The van der Waals surface area contributed by atoms with E-state index in [9.17, 15) is 9.18 Å². The fourth-order valence-corrected chi connectivity index (χ4v) is 3.11. The third kappa shape index (κ3) is 3.57. The summed E-state index contributed by atoms with van der Waals surface area (Å²) in [7, 11) is 0. The molecule has 0 saturated heterocycles. The van der Waals surface area contributed by atoms with Crippen LogP contribution >= 0.6 is 0 Å². The number of carbonyl (C=O) groups excluding carboxylic acids is 1. The van der Waals surface area contributed by atoms with Gasteiger partial charge >= 0.3 is 0 Å². The molecule has 4 heterocycles. The van der Waals surface area contributed by atoms with Gasteiger partial charge in [-0.25, -0.2) is 4.39 Å². The van der Waals surface area contributed by atoms with Crippen molar-refractivity contribution in [3.8, 4) is 11.3 Å². The van der Waals surface area contributed by atoms with Gasteiger partial charge in [0.2, 0.25) is 6.41 Å². The lowest BCUT2D eigenvalue weighted by Gasteiger charge is -2.20. The number of hydrogen-bond acceptors (Lipinski definition) is 6. The topological polar surface area (TPSA) is 89.4 Å². The van der Waals surface area contributed by atoms with Gasteiger partial charge in [-0.3, -0.25) is 14.2 Å². The smallest absolute Gasteiger partial charge is 0.214 e. The highest BCUT2D eigenvalue weighted by Gasteiger charge is 2.21. The molecule has 1 amide bonds. The molecule has 0 aromatic carbocycles. The first-order valence-corrected chi connectivity index (χ1v) is 9.28. The van der Waals surface area contributed by atoms with E-state index in [2.05, 4.69) is 20.3 Å². The molecule has 0 fully saturated rings. The summed E-state index contributed by atoms with van der Waals surface area (Å²) < 4.78 is 21.4. The van der Waals surface area contributed by atoms with Crippen molar-refractivity contribution < 1.29 is 13.7 Å². The van der Waals surface area contributed by atoms with E-state index in [1.54, 1.807) is 44.6 Å². The van der Waals surface area contributed by atoms with Crippen LogP contribution in [-0.2, 0) is 4.79 Å². The quantitative estimate of drug-likeness (QED) is 0.453. The van der Waals surface area contributed by atoms with Crippen molar-refractivity contribution in [2.24, 2.45) is 0 Å². The molecule has 0 radical (unpaired) electrons. The van der Waals surface area contributed by atoms with E-state index in [-0.39, 0.29) is 5.65 Å². The summed E-state index contributed by atoms with van der Waals surface area (Å²) in [5.41, 5.74) is 2.97. The van der Waals surface area contributed by atoms with E-state index in [1.165, 1.54) is 15.4 Å². The van der Waals surface area contributed by atoms with Crippen molar-refractivity contribution in [1.29, 1.82) is 0 Å². The van der Waals surface area contributed by atoms with Gasteiger partial charge in [0.1, 0.15) is 0 Å². The fourth-order valence-electron chi connectivity index (χ4n) is 3.11. The zero-order chi connectivity index (χ0) is 21.3. The predicted molar refractivity (Wildman–Crippen MR) is 108 cm³/mol. The summed E-state index contributed by atoms with van der Waals surface area (Å²) in [6, 6.07) is 6.30. The maximum atomic E-state index is 14.6. The number of rotatable bonds is 6. The number of hydrogen-bond donors (Lipinski definition) is 0. The Bertz CT molecular complexity index is 1250. The summed E-state index contributed by atoms with van der Waals surface area (Å²) >= 11 is 0. The van der Waals surface area contributed by atoms with Crippen LogP contribution < -0.4 is 0 Å². The number of aromatic nitrogens is 5. The Balaban J connectivity index is 1.71. The Morgan fingerprint density at radius 1 is 1.27 bits per heavy atom. The molecule has 4 aromatic heterocycles. The van der Waals surface area contributed by atoms with Gasteiger partial charge in [-0.15, -0.1) is 10.2 Å². The fraction of sp³-hybridized carbons (Fsp3) is 0.190. The molecule has 0 aliphatic rings. The van der Waals surface area contributed by atoms with Gasteiger partial charge in [-0.05, 0) is 44.5 Å². The second-order valence-corrected chi connectivity index (χ2v) is 6.91. The number of carbonyl (C=O) groups is 1. The van der Waals surface area contributed by atoms with Crippen LogP contribution in [0.4, 0.5) is 4.39 Å². The molecule has 0 aliphatic carbocycles. The van der Waals surface area contributed by atoms with Crippen molar-refractivity contribution in [2.45, 2.75) is 26.8 Å². The van der Waals surface area contributed by atoms with Crippen LogP contribution in [0, 0.1) is 19.7 Å². The van der Waals surface area contributed by atoms with Gasteiger partial charge < -0.3 is 9.42 Å². The zero-order valence-corrected chi connectivity index (χ0v) is 16.7. The molecule has 9 heteroatoms. The van der Waals surface area contributed by atoms with Gasteiger partial charge in [-0.1, -0.05) is 11.2 Å². The third-order valence-electron chi connectivity index (χ3n) is 4.80. The second-order valence-electron chi connectivity index (χ2n) is 6.91. The first-order chi connectivity index (χ1) is 14.5. The van der Waals surface area contributed by atoms with Gasteiger partial charge in [-0.2, -0.15) is 0 Å². The molecule has 0 unspecified atom stereocenters. The molecule has 152 valence electrons. The molecule has 0 bridgehead atoms. The molecule has 0 N–H and O–H groups in total. The molecule has 8 nitrogen and oxygen atoms in total. The minimum Gasteiger partial charge on any atom is -0.356 e. The van der Waals surface area contributed by atoms with Crippen LogP contribution in [0.15, 0.2) is 47.4 Å².